The number of aliphatic hydroxyl groups is 1. The van der Waals surface area contributed by atoms with Crippen LogP contribution in [0.1, 0.15) is 29.7 Å². The lowest BCUT2D eigenvalue weighted by atomic mass is 10.1. The fourth-order valence-corrected chi connectivity index (χ4v) is 1.91. The third-order valence-corrected chi connectivity index (χ3v) is 3.06. The Labute approximate surface area is 112 Å². The number of ether oxygens (including phenoxy) is 1. The first kappa shape index (κ1) is 13.6. The van der Waals surface area contributed by atoms with Gasteiger partial charge in [-0.2, -0.15) is 0 Å². The highest BCUT2D eigenvalue weighted by Gasteiger charge is 2.09. The summed E-state index contributed by atoms with van der Waals surface area (Å²) in [5.41, 5.74) is 2.52. The molecule has 0 aromatic heterocycles. The van der Waals surface area contributed by atoms with E-state index in [1.807, 2.05) is 25.1 Å². The van der Waals surface area contributed by atoms with E-state index in [2.05, 4.69) is 0 Å². The van der Waals surface area contributed by atoms with Crippen molar-refractivity contribution in [3.63, 3.8) is 0 Å². The van der Waals surface area contributed by atoms with Crippen molar-refractivity contribution in [3.8, 4) is 5.75 Å². The highest BCUT2D eigenvalue weighted by Crippen LogP contribution is 2.25. The molecule has 0 saturated heterocycles. The summed E-state index contributed by atoms with van der Waals surface area (Å²) < 4.78 is 18.9. The van der Waals surface area contributed by atoms with Crippen LogP contribution in [0.15, 0.2) is 42.5 Å². The molecular weight excluding hydrogens is 243 g/mol. The van der Waals surface area contributed by atoms with Gasteiger partial charge >= 0.3 is 0 Å². The van der Waals surface area contributed by atoms with Crippen LogP contribution in [0.2, 0.25) is 0 Å². The molecule has 2 nitrogen and oxygen atoms in total. The summed E-state index contributed by atoms with van der Waals surface area (Å²) >= 11 is 0. The molecule has 0 aliphatic rings. The van der Waals surface area contributed by atoms with Crippen molar-refractivity contribution in [3.05, 3.63) is 65.0 Å². The van der Waals surface area contributed by atoms with Crippen molar-refractivity contribution in [1.29, 1.82) is 0 Å². The molecule has 1 atom stereocenters. The zero-order valence-corrected chi connectivity index (χ0v) is 11.1. The fourth-order valence-electron chi connectivity index (χ4n) is 1.91. The lowest BCUT2D eigenvalue weighted by Crippen LogP contribution is -2.02. The summed E-state index contributed by atoms with van der Waals surface area (Å²) in [4.78, 5) is 0. The first-order chi connectivity index (χ1) is 9.08. The highest BCUT2D eigenvalue weighted by atomic mass is 19.1. The van der Waals surface area contributed by atoms with Crippen LogP contribution in [0, 0.1) is 12.7 Å². The first-order valence-electron chi connectivity index (χ1n) is 6.22. The van der Waals surface area contributed by atoms with Gasteiger partial charge in [-0.05, 0) is 43.2 Å². The third-order valence-electron chi connectivity index (χ3n) is 3.06. The van der Waals surface area contributed by atoms with E-state index in [4.69, 9.17) is 4.74 Å². The van der Waals surface area contributed by atoms with Crippen LogP contribution in [0.25, 0.3) is 0 Å². The maximum Gasteiger partial charge on any atom is 0.125 e. The number of rotatable bonds is 4. The van der Waals surface area contributed by atoms with E-state index >= 15 is 0 Å². The molecule has 0 fully saturated rings. The average Bonchev–Trinajstić information content (AvgIpc) is 2.40. The summed E-state index contributed by atoms with van der Waals surface area (Å²) in [6.45, 7) is 3.89. The molecule has 2 aromatic carbocycles. The summed E-state index contributed by atoms with van der Waals surface area (Å²) in [7, 11) is 0. The van der Waals surface area contributed by atoms with E-state index in [0.717, 1.165) is 16.7 Å². The van der Waals surface area contributed by atoms with Gasteiger partial charge in [-0.15, -0.1) is 0 Å². The van der Waals surface area contributed by atoms with Crippen LogP contribution in [0.3, 0.4) is 0 Å². The summed E-state index contributed by atoms with van der Waals surface area (Å²) in [6.07, 6.45) is -0.593. The quantitative estimate of drug-likeness (QED) is 0.906. The second-order valence-electron chi connectivity index (χ2n) is 4.57. The average molecular weight is 260 g/mol. The molecular formula is C16H17FO2. The van der Waals surface area contributed by atoms with Gasteiger partial charge in [0.25, 0.3) is 0 Å². The molecule has 0 unspecified atom stereocenters. The predicted octanol–water partition coefficient (Wildman–Crippen LogP) is 3.77. The fraction of sp³-hybridized carbons (Fsp3) is 0.250. The number of hydrogen-bond acceptors (Lipinski definition) is 2. The van der Waals surface area contributed by atoms with Crippen LogP contribution in [-0.4, -0.2) is 5.11 Å². The Kier molecular flexibility index (Phi) is 4.17. The van der Waals surface area contributed by atoms with E-state index in [1.54, 1.807) is 19.1 Å². The Morgan fingerprint density at radius 2 is 1.95 bits per heavy atom. The molecule has 0 aliphatic carbocycles. The predicted molar refractivity (Wildman–Crippen MR) is 72.5 cm³/mol. The van der Waals surface area contributed by atoms with Crippen molar-refractivity contribution in [2.45, 2.75) is 26.6 Å². The van der Waals surface area contributed by atoms with Crippen molar-refractivity contribution < 1.29 is 14.2 Å². The van der Waals surface area contributed by atoms with E-state index in [1.165, 1.54) is 12.1 Å². The molecule has 3 heteroatoms. The number of hydrogen-bond donors (Lipinski definition) is 1. The molecule has 0 heterocycles. The van der Waals surface area contributed by atoms with Crippen molar-refractivity contribution in [2.24, 2.45) is 0 Å². The van der Waals surface area contributed by atoms with Gasteiger partial charge in [0.05, 0.1) is 6.10 Å². The zero-order valence-electron chi connectivity index (χ0n) is 11.1. The van der Waals surface area contributed by atoms with E-state index in [0.29, 0.717) is 5.75 Å². The molecule has 100 valence electrons. The number of benzene rings is 2. The minimum atomic E-state index is -0.593. The lowest BCUT2D eigenvalue weighted by Gasteiger charge is -2.14. The minimum absolute atomic E-state index is 0.270. The maximum absolute atomic E-state index is 13.2. The number of aliphatic hydroxyl groups excluding tert-OH is 1. The van der Waals surface area contributed by atoms with Gasteiger partial charge in [-0.1, -0.05) is 24.3 Å². The Bertz CT molecular complexity index is 564. The molecule has 0 aliphatic heterocycles. The molecule has 0 saturated carbocycles. The summed E-state index contributed by atoms with van der Waals surface area (Å²) in [6, 6.07) is 12.0. The summed E-state index contributed by atoms with van der Waals surface area (Å²) in [5, 5.41) is 9.66. The van der Waals surface area contributed by atoms with Crippen LogP contribution in [-0.2, 0) is 6.61 Å². The smallest absolute Gasteiger partial charge is 0.125 e. The van der Waals surface area contributed by atoms with Crippen LogP contribution >= 0.6 is 0 Å². The Morgan fingerprint density at radius 3 is 2.68 bits per heavy atom. The first-order valence-corrected chi connectivity index (χ1v) is 6.22. The lowest BCUT2D eigenvalue weighted by molar-refractivity contribution is 0.190. The number of para-hydroxylation sites is 1. The second-order valence-corrected chi connectivity index (χ2v) is 4.57. The molecule has 0 bridgehead atoms. The van der Waals surface area contributed by atoms with Crippen molar-refractivity contribution in [1.82, 2.24) is 0 Å². The topological polar surface area (TPSA) is 29.5 Å². The standard InChI is InChI=1S/C16H17FO2/c1-11-7-8-14(17)9-13(11)10-19-16-6-4-3-5-15(16)12(2)18/h3-9,12,18H,10H2,1-2H3/t12-/m0/s1. The van der Waals surface area contributed by atoms with E-state index < -0.39 is 6.10 Å². The molecule has 2 aromatic rings. The van der Waals surface area contributed by atoms with Gasteiger partial charge in [0.15, 0.2) is 0 Å². The van der Waals surface area contributed by atoms with Gasteiger partial charge in [-0.3, -0.25) is 0 Å². The highest BCUT2D eigenvalue weighted by molar-refractivity contribution is 5.35. The Hall–Kier alpha value is -1.87. The van der Waals surface area contributed by atoms with Crippen LogP contribution in [0.5, 0.6) is 5.75 Å². The molecule has 2 rings (SSSR count). The normalized spacial score (nSPS) is 12.2. The Balaban J connectivity index is 2.17. The maximum atomic E-state index is 13.2. The molecule has 0 radical (unpaired) electrons. The van der Waals surface area contributed by atoms with Gasteiger partial charge < -0.3 is 9.84 Å². The van der Waals surface area contributed by atoms with Gasteiger partial charge in [-0.25, -0.2) is 4.39 Å². The zero-order chi connectivity index (χ0) is 13.8. The molecule has 1 N–H and O–H groups in total. The SMILES string of the molecule is Cc1ccc(F)cc1COc1ccccc1[C@H](C)O. The van der Waals surface area contributed by atoms with Crippen LogP contribution < -0.4 is 4.74 Å². The van der Waals surface area contributed by atoms with Crippen LogP contribution in [0.4, 0.5) is 4.39 Å². The Morgan fingerprint density at radius 1 is 1.21 bits per heavy atom. The van der Waals surface area contributed by atoms with Gasteiger partial charge in [0.2, 0.25) is 0 Å². The minimum Gasteiger partial charge on any atom is -0.489 e. The summed E-state index contributed by atoms with van der Waals surface area (Å²) in [5.74, 6) is 0.356. The monoisotopic (exact) mass is 260 g/mol. The van der Waals surface area contributed by atoms with Gasteiger partial charge in [0, 0.05) is 5.56 Å². The largest absolute Gasteiger partial charge is 0.489 e. The van der Waals surface area contributed by atoms with Crippen molar-refractivity contribution >= 4 is 0 Å². The molecule has 0 amide bonds. The van der Waals surface area contributed by atoms with Crippen molar-refractivity contribution in [2.75, 3.05) is 0 Å². The third kappa shape index (κ3) is 3.32. The molecule has 19 heavy (non-hydrogen) atoms. The number of halogens is 1. The van der Waals surface area contributed by atoms with E-state index in [-0.39, 0.29) is 12.4 Å². The van der Waals surface area contributed by atoms with Gasteiger partial charge in [0.1, 0.15) is 18.2 Å². The van der Waals surface area contributed by atoms with E-state index in [9.17, 15) is 9.50 Å². The number of aryl methyl sites for hydroxylation is 1. The molecule has 0 spiro atoms. The second kappa shape index (κ2) is 5.85.